The Morgan fingerprint density at radius 1 is 0.906 bits per heavy atom. The van der Waals surface area contributed by atoms with Crippen molar-refractivity contribution in [2.75, 3.05) is 16.0 Å². The molecule has 2 aliphatic carbocycles. The van der Waals surface area contributed by atoms with E-state index in [0.717, 1.165) is 42.5 Å². The minimum Gasteiger partial charge on any atom is -0.504 e. The summed E-state index contributed by atoms with van der Waals surface area (Å²) >= 11 is 0. The zero-order valence-corrected chi connectivity index (χ0v) is 37.3. The monoisotopic (exact) mass is 871 g/mol. The number of nitrogens with two attached hydrogens (primary N) is 1. The molecule has 4 amide bonds. The number of carbonyl (C=O) groups excluding carboxylic acids is 4. The van der Waals surface area contributed by atoms with E-state index in [-0.39, 0.29) is 51.5 Å². The second-order valence-corrected chi connectivity index (χ2v) is 15.2. The third-order valence-electron chi connectivity index (χ3n) is 10.4. The number of carboxylic acid groups (broad SMARTS) is 1. The van der Waals surface area contributed by atoms with Crippen molar-refractivity contribution in [2.45, 2.75) is 85.2 Å². The van der Waals surface area contributed by atoms with Crippen molar-refractivity contribution in [2.24, 2.45) is 24.6 Å². The number of aromatic hydroxyl groups is 1. The number of aryl methyl sites for hydroxylation is 1. The van der Waals surface area contributed by atoms with Gasteiger partial charge in [0.2, 0.25) is 11.8 Å². The molecule has 4 aromatic carbocycles. The van der Waals surface area contributed by atoms with Crippen molar-refractivity contribution in [3.05, 3.63) is 120 Å². The quantitative estimate of drug-likeness (QED) is 0.0579. The van der Waals surface area contributed by atoms with Crippen LogP contribution in [0.1, 0.15) is 116 Å². The van der Waals surface area contributed by atoms with E-state index in [1.165, 1.54) is 36.4 Å². The molecule has 0 radical (unpaired) electrons. The fourth-order valence-electron chi connectivity index (χ4n) is 6.86. The molecule has 2 unspecified atom stereocenters. The van der Waals surface area contributed by atoms with Crippen molar-refractivity contribution < 1.29 is 38.9 Å². The number of anilines is 3. The van der Waals surface area contributed by atoms with Crippen molar-refractivity contribution in [3.63, 3.8) is 0 Å². The van der Waals surface area contributed by atoms with Gasteiger partial charge in [-0.05, 0) is 124 Å². The maximum Gasteiger partial charge on any atom is 0.335 e. The first kappa shape index (κ1) is 49.2. The van der Waals surface area contributed by atoms with Gasteiger partial charge in [-0.1, -0.05) is 33.8 Å². The summed E-state index contributed by atoms with van der Waals surface area (Å²) in [6.07, 6.45) is 5.38. The van der Waals surface area contributed by atoms with E-state index in [1.54, 1.807) is 50.3 Å². The maximum atomic E-state index is 13.1. The summed E-state index contributed by atoms with van der Waals surface area (Å²) in [6, 6.07) is 22.4. The number of hydrogen-bond acceptors (Lipinski definition) is 9. The molecule has 7 rings (SSSR count). The highest BCUT2D eigenvalue weighted by atomic mass is 16.5. The number of nitrogens with one attached hydrogen (secondary N) is 3. The van der Waals surface area contributed by atoms with E-state index in [1.807, 2.05) is 51.4 Å². The zero-order chi connectivity index (χ0) is 47.3. The van der Waals surface area contributed by atoms with Gasteiger partial charge in [0, 0.05) is 41.9 Å². The predicted molar refractivity (Wildman–Crippen MR) is 248 cm³/mol. The largest absolute Gasteiger partial charge is 0.504 e. The Hall–Kier alpha value is -7.47. The number of nitrogens with zero attached hydrogens (tertiary/aromatic N) is 3. The van der Waals surface area contributed by atoms with Gasteiger partial charge in [-0.15, -0.1) is 6.58 Å². The first-order chi connectivity index (χ1) is 30.6. The number of phenolic OH excluding ortho intramolecular Hbond substituents is 1. The number of aromatic nitrogens is 2. The third-order valence-corrected chi connectivity index (χ3v) is 10.4. The third kappa shape index (κ3) is 12.1. The summed E-state index contributed by atoms with van der Waals surface area (Å²) in [4.78, 5) is 65.0. The minimum atomic E-state index is -1.10. The fourth-order valence-corrected chi connectivity index (χ4v) is 6.86. The summed E-state index contributed by atoms with van der Waals surface area (Å²) in [5, 5.41) is 37.1. The van der Waals surface area contributed by atoms with E-state index in [4.69, 9.17) is 25.8 Å². The number of aromatic carboxylic acids is 1. The molecule has 7 N–H and O–H groups in total. The average molecular weight is 872 g/mol. The second-order valence-electron chi connectivity index (χ2n) is 15.2. The molecular weight excluding hydrogens is 815 g/mol. The zero-order valence-electron chi connectivity index (χ0n) is 37.3. The number of allylic oxidation sites excluding steroid dienone is 1. The Balaban J connectivity index is 0.000000311. The summed E-state index contributed by atoms with van der Waals surface area (Å²) < 4.78 is 7.76. The molecule has 1 heterocycles. The number of nitriles is 1. The standard InChI is InChI=1S/C30H29N3O7.C15H16N4O.2C2H6/c1-4-17-15-24(17)29(37)33-21-11-9-20(10-12-21)32-28(36)23-14-13-22(25(34)26(23)40-16(2)3)27(35)31-19-7-5-18(6-8-19)30(38)39;1-19-12-8-10(9-16)2-3-11(12)18-14(19)15(6-7-15)5-4-13(17)20;2*1-2/h4-14,16-17,24,34H,1,15H2,2-3H3,(H,31,35)(H,32,36)(H,33,37)(H,38,39);2-3,8H,4-7H2,1H3,(H2,17,20);2*1-2H3. The second kappa shape index (κ2) is 22.1. The number of imidazole rings is 1. The van der Waals surface area contributed by atoms with Crippen molar-refractivity contribution >= 4 is 57.7 Å². The molecule has 5 aromatic rings. The molecule has 0 spiro atoms. The lowest BCUT2D eigenvalue weighted by molar-refractivity contribution is -0.118. The van der Waals surface area contributed by atoms with Crippen LogP contribution in [-0.4, -0.2) is 55.5 Å². The minimum absolute atomic E-state index is 0.00436. The van der Waals surface area contributed by atoms with Gasteiger partial charge in [-0.2, -0.15) is 5.26 Å². The van der Waals surface area contributed by atoms with E-state index in [2.05, 4.69) is 28.6 Å². The van der Waals surface area contributed by atoms with Crippen LogP contribution in [0.25, 0.3) is 11.0 Å². The number of primary amides is 1. The number of amides is 4. The smallest absolute Gasteiger partial charge is 0.335 e. The molecule has 2 fully saturated rings. The van der Waals surface area contributed by atoms with E-state index < -0.39 is 29.6 Å². The highest BCUT2D eigenvalue weighted by molar-refractivity contribution is 6.11. The Labute approximate surface area is 373 Å². The van der Waals surface area contributed by atoms with E-state index in [9.17, 15) is 29.1 Å². The van der Waals surface area contributed by atoms with Gasteiger partial charge < -0.3 is 41.2 Å². The molecular formula is C49H57N7O8. The summed E-state index contributed by atoms with van der Waals surface area (Å²) in [5.41, 5.74) is 9.03. The number of fused-ring (bicyclic) bond motifs is 1. The Morgan fingerprint density at radius 2 is 1.45 bits per heavy atom. The van der Waals surface area contributed by atoms with E-state index in [0.29, 0.717) is 29.0 Å². The summed E-state index contributed by atoms with van der Waals surface area (Å²) in [6.45, 7) is 15.1. The molecule has 0 bridgehead atoms. The number of phenols is 1. The number of carbonyl (C=O) groups is 5. The molecule has 0 saturated heterocycles. The lowest BCUT2D eigenvalue weighted by atomic mass is 9.99. The molecule has 2 atom stereocenters. The Morgan fingerprint density at radius 3 is 1.95 bits per heavy atom. The van der Waals surface area contributed by atoms with Crippen molar-refractivity contribution in [3.8, 4) is 17.6 Å². The van der Waals surface area contributed by atoms with Gasteiger partial charge in [0.1, 0.15) is 5.82 Å². The SMILES string of the molecule is C=CC1CC1C(=O)Nc1ccc(NC(=O)c2ccc(C(=O)Nc3ccc(C(=O)O)cc3)c(O)c2OC(C)C)cc1.CC.CC.Cn1c(C2(CCC(N)=O)CC2)nc2ccc(C#N)cc21. The molecule has 1 aromatic heterocycles. The molecule has 336 valence electrons. The number of ether oxygens (including phenoxy) is 1. The normalized spacial score (nSPS) is 14.9. The molecule has 15 nitrogen and oxygen atoms in total. The molecule has 15 heteroatoms. The number of benzene rings is 4. The van der Waals surface area contributed by atoms with Crippen molar-refractivity contribution in [1.29, 1.82) is 5.26 Å². The molecule has 0 aliphatic heterocycles. The van der Waals surface area contributed by atoms with Crippen LogP contribution in [0, 0.1) is 23.2 Å². The topological polar surface area (TPSA) is 239 Å². The Kier molecular flexibility index (Phi) is 16.9. The van der Waals surface area contributed by atoms with Gasteiger partial charge in [0.05, 0.1) is 45.5 Å². The van der Waals surface area contributed by atoms with Crippen LogP contribution < -0.4 is 26.4 Å². The molecule has 2 aliphatic rings. The van der Waals surface area contributed by atoms with Crippen LogP contribution in [0.5, 0.6) is 11.5 Å². The molecule has 2 saturated carbocycles. The first-order valence-electron chi connectivity index (χ1n) is 21.3. The van der Waals surface area contributed by atoms with Gasteiger partial charge in [0.25, 0.3) is 11.8 Å². The summed E-state index contributed by atoms with van der Waals surface area (Å²) in [7, 11) is 1.97. The van der Waals surface area contributed by atoms with Gasteiger partial charge >= 0.3 is 5.97 Å². The van der Waals surface area contributed by atoms with Crippen LogP contribution in [0.3, 0.4) is 0 Å². The Bertz CT molecular complexity index is 2540. The van der Waals surface area contributed by atoms with Crippen LogP contribution in [0.4, 0.5) is 17.1 Å². The number of carboxylic acids is 1. The average Bonchev–Trinajstić information content (AvgIpc) is 4.23. The predicted octanol–water partition coefficient (Wildman–Crippen LogP) is 8.94. The van der Waals surface area contributed by atoms with Crippen LogP contribution in [0.2, 0.25) is 0 Å². The van der Waals surface area contributed by atoms with Crippen LogP contribution in [-0.2, 0) is 22.1 Å². The summed E-state index contributed by atoms with van der Waals surface area (Å²) in [5.74, 6) is -2.22. The van der Waals surface area contributed by atoms with E-state index >= 15 is 0 Å². The highest BCUT2D eigenvalue weighted by Gasteiger charge is 2.47. The highest BCUT2D eigenvalue weighted by Crippen LogP contribution is 2.51. The van der Waals surface area contributed by atoms with Gasteiger partial charge in [0.15, 0.2) is 11.5 Å². The van der Waals surface area contributed by atoms with Gasteiger partial charge in [-0.25, -0.2) is 9.78 Å². The molecule has 64 heavy (non-hydrogen) atoms. The number of rotatable bonds is 14. The first-order valence-corrected chi connectivity index (χ1v) is 21.3. The number of hydrogen-bond donors (Lipinski definition) is 6. The van der Waals surface area contributed by atoms with Crippen LogP contribution >= 0.6 is 0 Å². The maximum absolute atomic E-state index is 13.1. The van der Waals surface area contributed by atoms with Crippen molar-refractivity contribution in [1.82, 2.24) is 9.55 Å². The van der Waals surface area contributed by atoms with Gasteiger partial charge in [-0.3, -0.25) is 19.2 Å². The van der Waals surface area contributed by atoms with Crippen LogP contribution in [0.15, 0.2) is 91.5 Å². The lowest BCUT2D eigenvalue weighted by Crippen LogP contribution is -2.18. The lowest BCUT2D eigenvalue weighted by Gasteiger charge is -2.18. The fraction of sp³-hybridized carbons (Fsp3) is 0.327.